The van der Waals surface area contributed by atoms with Crippen LogP contribution in [0.5, 0.6) is 0 Å². The third-order valence-corrected chi connectivity index (χ3v) is 4.07. The number of amides is 2. The van der Waals surface area contributed by atoms with Gasteiger partial charge in [0.2, 0.25) is 0 Å². The standard InChI is InChI=1S/C15H22N4O/c20-15(19-10-2-1-3-11-19)17-13-6-7-14(16-12-13)18-8-4-5-9-18/h6-7,12H,1-5,8-11H2,(H,17,20). The summed E-state index contributed by atoms with van der Waals surface area (Å²) in [4.78, 5) is 20.7. The number of anilines is 2. The normalized spacial score (nSPS) is 19.2. The average Bonchev–Trinajstić information content (AvgIpc) is 3.03. The molecule has 0 spiro atoms. The number of piperidine rings is 1. The van der Waals surface area contributed by atoms with Crippen LogP contribution in [0.1, 0.15) is 32.1 Å². The van der Waals surface area contributed by atoms with Crippen molar-refractivity contribution in [2.75, 3.05) is 36.4 Å². The third-order valence-electron chi connectivity index (χ3n) is 4.07. The fourth-order valence-electron chi connectivity index (χ4n) is 2.89. The van der Waals surface area contributed by atoms with Crippen molar-refractivity contribution >= 4 is 17.5 Å². The maximum Gasteiger partial charge on any atom is 0.321 e. The number of carbonyl (C=O) groups excluding carboxylic acids is 1. The second-order valence-corrected chi connectivity index (χ2v) is 5.58. The largest absolute Gasteiger partial charge is 0.357 e. The van der Waals surface area contributed by atoms with Gasteiger partial charge in [0, 0.05) is 26.2 Å². The molecule has 3 heterocycles. The highest BCUT2D eigenvalue weighted by Gasteiger charge is 2.17. The number of pyridine rings is 1. The van der Waals surface area contributed by atoms with Gasteiger partial charge in [-0.25, -0.2) is 9.78 Å². The number of rotatable bonds is 2. The molecular formula is C15H22N4O. The number of aromatic nitrogens is 1. The molecule has 0 aliphatic carbocycles. The van der Waals surface area contributed by atoms with E-state index in [1.807, 2.05) is 17.0 Å². The van der Waals surface area contributed by atoms with Gasteiger partial charge in [-0.05, 0) is 44.2 Å². The van der Waals surface area contributed by atoms with Crippen LogP contribution in [0.4, 0.5) is 16.3 Å². The molecule has 2 fully saturated rings. The predicted octanol–water partition coefficient (Wildman–Crippen LogP) is 2.70. The fourth-order valence-corrected chi connectivity index (χ4v) is 2.89. The lowest BCUT2D eigenvalue weighted by molar-refractivity contribution is 0.200. The van der Waals surface area contributed by atoms with Gasteiger partial charge in [-0.1, -0.05) is 0 Å². The molecule has 0 radical (unpaired) electrons. The molecular weight excluding hydrogens is 252 g/mol. The van der Waals surface area contributed by atoms with Crippen LogP contribution < -0.4 is 10.2 Å². The van der Waals surface area contributed by atoms with E-state index in [-0.39, 0.29) is 6.03 Å². The monoisotopic (exact) mass is 274 g/mol. The second kappa shape index (κ2) is 6.11. The molecule has 108 valence electrons. The minimum absolute atomic E-state index is 0.000391. The molecule has 5 heteroatoms. The van der Waals surface area contributed by atoms with Crippen molar-refractivity contribution in [2.24, 2.45) is 0 Å². The van der Waals surface area contributed by atoms with Crippen LogP contribution in [-0.4, -0.2) is 42.1 Å². The van der Waals surface area contributed by atoms with Gasteiger partial charge < -0.3 is 15.1 Å². The first kappa shape index (κ1) is 13.2. The number of nitrogens with zero attached hydrogens (tertiary/aromatic N) is 3. The Morgan fingerprint density at radius 3 is 2.35 bits per heavy atom. The van der Waals surface area contributed by atoms with Gasteiger partial charge in [0.1, 0.15) is 5.82 Å². The molecule has 3 rings (SSSR count). The van der Waals surface area contributed by atoms with Crippen molar-refractivity contribution in [1.29, 1.82) is 0 Å². The lowest BCUT2D eigenvalue weighted by atomic mass is 10.1. The van der Waals surface area contributed by atoms with Gasteiger partial charge in [-0.15, -0.1) is 0 Å². The Morgan fingerprint density at radius 2 is 1.70 bits per heavy atom. The Labute approximate surface area is 120 Å². The van der Waals surface area contributed by atoms with Crippen LogP contribution in [0, 0.1) is 0 Å². The van der Waals surface area contributed by atoms with Crippen LogP contribution in [0.3, 0.4) is 0 Å². The summed E-state index contributed by atoms with van der Waals surface area (Å²) >= 11 is 0. The molecule has 2 amide bonds. The van der Waals surface area contributed by atoms with E-state index < -0.39 is 0 Å². The van der Waals surface area contributed by atoms with Crippen LogP contribution in [-0.2, 0) is 0 Å². The van der Waals surface area contributed by atoms with Crippen LogP contribution >= 0.6 is 0 Å². The number of nitrogens with one attached hydrogen (secondary N) is 1. The number of urea groups is 1. The molecule has 1 N–H and O–H groups in total. The smallest absolute Gasteiger partial charge is 0.321 e. The highest BCUT2D eigenvalue weighted by atomic mass is 16.2. The minimum atomic E-state index is 0.000391. The van der Waals surface area contributed by atoms with E-state index in [9.17, 15) is 4.79 Å². The maximum absolute atomic E-state index is 12.1. The average molecular weight is 274 g/mol. The zero-order valence-corrected chi connectivity index (χ0v) is 11.8. The van der Waals surface area contributed by atoms with Gasteiger partial charge in [0.05, 0.1) is 11.9 Å². The zero-order chi connectivity index (χ0) is 13.8. The highest BCUT2D eigenvalue weighted by molar-refractivity contribution is 5.89. The highest BCUT2D eigenvalue weighted by Crippen LogP contribution is 2.19. The Bertz CT molecular complexity index is 447. The van der Waals surface area contributed by atoms with E-state index in [1.54, 1.807) is 6.20 Å². The maximum atomic E-state index is 12.1. The van der Waals surface area contributed by atoms with E-state index >= 15 is 0 Å². The first-order valence-corrected chi connectivity index (χ1v) is 7.60. The van der Waals surface area contributed by atoms with Gasteiger partial charge in [-0.2, -0.15) is 0 Å². The SMILES string of the molecule is O=C(Nc1ccc(N2CCCC2)nc1)N1CCCCC1. The summed E-state index contributed by atoms with van der Waals surface area (Å²) in [7, 11) is 0. The Balaban J connectivity index is 1.58. The van der Waals surface area contributed by atoms with Gasteiger partial charge in [0.15, 0.2) is 0 Å². The molecule has 0 atom stereocenters. The van der Waals surface area contributed by atoms with Crippen molar-refractivity contribution in [3.63, 3.8) is 0 Å². The van der Waals surface area contributed by atoms with Crippen molar-refractivity contribution in [1.82, 2.24) is 9.88 Å². The summed E-state index contributed by atoms with van der Waals surface area (Å²) < 4.78 is 0. The molecule has 1 aromatic rings. The molecule has 1 aromatic heterocycles. The lowest BCUT2D eigenvalue weighted by Crippen LogP contribution is -2.38. The van der Waals surface area contributed by atoms with Crippen molar-refractivity contribution in [3.8, 4) is 0 Å². The quantitative estimate of drug-likeness (QED) is 0.902. The van der Waals surface area contributed by atoms with Gasteiger partial charge >= 0.3 is 6.03 Å². The van der Waals surface area contributed by atoms with E-state index in [0.717, 1.165) is 50.5 Å². The summed E-state index contributed by atoms with van der Waals surface area (Å²) in [6.07, 6.45) is 7.70. The van der Waals surface area contributed by atoms with Crippen molar-refractivity contribution in [2.45, 2.75) is 32.1 Å². The number of likely N-dealkylation sites (tertiary alicyclic amines) is 1. The molecule has 0 bridgehead atoms. The molecule has 2 aliphatic heterocycles. The summed E-state index contributed by atoms with van der Waals surface area (Å²) in [6, 6.07) is 3.94. The summed E-state index contributed by atoms with van der Waals surface area (Å²) in [5, 5.41) is 2.94. The Kier molecular flexibility index (Phi) is 4.04. The molecule has 2 saturated heterocycles. The fraction of sp³-hybridized carbons (Fsp3) is 0.600. The summed E-state index contributed by atoms with van der Waals surface area (Å²) in [5.74, 6) is 1.01. The summed E-state index contributed by atoms with van der Waals surface area (Å²) in [6.45, 7) is 3.91. The molecule has 0 aromatic carbocycles. The third kappa shape index (κ3) is 3.03. The predicted molar refractivity (Wildman–Crippen MR) is 80.1 cm³/mol. The lowest BCUT2D eigenvalue weighted by Gasteiger charge is -2.26. The minimum Gasteiger partial charge on any atom is -0.357 e. The number of hydrogen-bond acceptors (Lipinski definition) is 3. The molecule has 0 unspecified atom stereocenters. The van der Waals surface area contributed by atoms with Crippen LogP contribution in [0.25, 0.3) is 0 Å². The van der Waals surface area contributed by atoms with E-state index in [2.05, 4.69) is 15.2 Å². The zero-order valence-electron chi connectivity index (χ0n) is 11.8. The van der Waals surface area contributed by atoms with Crippen LogP contribution in [0.2, 0.25) is 0 Å². The molecule has 20 heavy (non-hydrogen) atoms. The Hall–Kier alpha value is -1.78. The Morgan fingerprint density at radius 1 is 1.00 bits per heavy atom. The number of hydrogen-bond donors (Lipinski definition) is 1. The van der Waals surface area contributed by atoms with Gasteiger partial charge in [0.25, 0.3) is 0 Å². The van der Waals surface area contributed by atoms with Gasteiger partial charge in [-0.3, -0.25) is 0 Å². The molecule has 5 nitrogen and oxygen atoms in total. The van der Waals surface area contributed by atoms with Crippen molar-refractivity contribution < 1.29 is 4.79 Å². The van der Waals surface area contributed by atoms with Crippen molar-refractivity contribution in [3.05, 3.63) is 18.3 Å². The summed E-state index contributed by atoms with van der Waals surface area (Å²) in [5.41, 5.74) is 0.781. The first-order chi connectivity index (χ1) is 9.83. The number of carbonyl (C=O) groups is 1. The van der Waals surface area contributed by atoms with Crippen LogP contribution in [0.15, 0.2) is 18.3 Å². The van der Waals surface area contributed by atoms with E-state index in [4.69, 9.17) is 0 Å². The molecule has 2 aliphatic rings. The topological polar surface area (TPSA) is 48.5 Å². The first-order valence-electron chi connectivity index (χ1n) is 7.60. The van der Waals surface area contributed by atoms with E-state index in [0.29, 0.717) is 0 Å². The molecule has 0 saturated carbocycles. The second-order valence-electron chi connectivity index (χ2n) is 5.58. The van der Waals surface area contributed by atoms with E-state index in [1.165, 1.54) is 19.3 Å².